The third-order valence-corrected chi connectivity index (χ3v) is 4.39. The van der Waals surface area contributed by atoms with Gasteiger partial charge in [0.15, 0.2) is 0 Å². The number of furan rings is 1. The molecule has 0 spiro atoms. The molecule has 1 aromatic heterocycles. The van der Waals surface area contributed by atoms with Crippen LogP contribution in [0, 0.1) is 13.8 Å². The molecule has 118 valence electrons. The number of para-hydroxylation sites is 1. The quantitative estimate of drug-likeness (QED) is 0.860. The summed E-state index contributed by atoms with van der Waals surface area (Å²) in [6.07, 6.45) is 1.60. The fourth-order valence-electron chi connectivity index (χ4n) is 2.23. The summed E-state index contributed by atoms with van der Waals surface area (Å²) in [4.78, 5) is 26.0. The van der Waals surface area contributed by atoms with Crippen molar-refractivity contribution in [3.05, 3.63) is 58.4 Å². The zero-order chi connectivity index (χ0) is 16.4. The molecule has 0 unspecified atom stereocenters. The number of anilines is 1. The van der Waals surface area contributed by atoms with Crippen LogP contribution >= 0.6 is 11.8 Å². The van der Waals surface area contributed by atoms with Crippen molar-refractivity contribution in [2.45, 2.75) is 13.8 Å². The molecule has 6 heteroatoms. The van der Waals surface area contributed by atoms with Gasteiger partial charge in [0.2, 0.25) is 0 Å². The fourth-order valence-corrected chi connectivity index (χ4v) is 3.05. The van der Waals surface area contributed by atoms with Crippen molar-refractivity contribution in [3.8, 4) is 0 Å². The van der Waals surface area contributed by atoms with Crippen LogP contribution < -0.4 is 5.32 Å². The maximum atomic E-state index is 12.4. The van der Waals surface area contributed by atoms with Gasteiger partial charge in [0.1, 0.15) is 11.5 Å². The average molecular weight is 328 g/mol. The number of hydrogen-bond acceptors (Lipinski definition) is 5. The molecule has 23 heavy (non-hydrogen) atoms. The predicted molar refractivity (Wildman–Crippen MR) is 90.9 cm³/mol. The molecular weight excluding hydrogens is 312 g/mol. The molecule has 1 aromatic carbocycles. The Morgan fingerprint density at radius 1 is 1.17 bits per heavy atom. The van der Waals surface area contributed by atoms with Crippen LogP contribution in [0.1, 0.15) is 17.1 Å². The molecule has 1 aliphatic heterocycles. The van der Waals surface area contributed by atoms with Crippen LogP contribution in [0.3, 0.4) is 0 Å². The standard InChI is InChI=1S/C17H16N2O3S/c1-11-5-3-4-6-14(11)18-10-19-16(20)15(23-17(19)21)9-13-8-7-12(2)22-13/h3-9,18H,10H2,1-2H3/b15-9+. The lowest BCUT2D eigenvalue weighted by Crippen LogP contribution is -2.33. The van der Waals surface area contributed by atoms with Gasteiger partial charge >= 0.3 is 0 Å². The van der Waals surface area contributed by atoms with E-state index < -0.39 is 0 Å². The van der Waals surface area contributed by atoms with Crippen molar-refractivity contribution < 1.29 is 14.0 Å². The first-order valence-electron chi connectivity index (χ1n) is 7.16. The van der Waals surface area contributed by atoms with Gasteiger partial charge in [-0.15, -0.1) is 0 Å². The Balaban J connectivity index is 1.72. The van der Waals surface area contributed by atoms with E-state index in [1.165, 1.54) is 4.90 Å². The van der Waals surface area contributed by atoms with E-state index in [1.54, 1.807) is 12.1 Å². The summed E-state index contributed by atoms with van der Waals surface area (Å²) in [5, 5.41) is 2.84. The fraction of sp³-hybridized carbons (Fsp3) is 0.176. The third-order valence-electron chi connectivity index (χ3n) is 3.48. The maximum absolute atomic E-state index is 12.4. The Labute approximate surface area is 138 Å². The van der Waals surface area contributed by atoms with Crippen molar-refractivity contribution in [2.24, 2.45) is 0 Å². The van der Waals surface area contributed by atoms with Crippen LogP contribution in [0.15, 0.2) is 45.7 Å². The summed E-state index contributed by atoms with van der Waals surface area (Å²) in [7, 11) is 0. The van der Waals surface area contributed by atoms with Gasteiger partial charge in [-0.3, -0.25) is 14.5 Å². The molecule has 5 nitrogen and oxygen atoms in total. The molecule has 1 N–H and O–H groups in total. The van der Waals surface area contributed by atoms with E-state index in [0.717, 1.165) is 28.8 Å². The number of hydrogen-bond donors (Lipinski definition) is 1. The molecule has 1 saturated heterocycles. The van der Waals surface area contributed by atoms with Gasteiger partial charge in [-0.05, 0) is 49.4 Å². The summed E-state index contributed by atoms with van der Waals surface area (Å²) in [6, 6.07) is 11.3. The Morgan fingerprint density at radius 3 is 2.65 bits per heavy atom. The zero-order valence-corrected chi connectivity index (χ0v) is 13.6. The molecule has 1 fully saturated rings. The molecule has 3 rings (SSSR count). The number of rotatable bonds is 4. The van der Waals surface area contributed by atoms with E-state index >= 15 is 0 Å². The van der Waals surface area contributed by atoms with Crippen molar-refractivity contribution in [3.63, 3.8) is 0 Å². The van der Waals surface area contributed by atoms with Gasteiger partial charge in [-0.25, -0.2) is 0 Å². The summed E-state index contributed by atoms with van der Waals surface area (Å²) in [5.74, 6) is 1.02. The Bertz CT molecular complexity index is 795. The highest BCUT2D eigenvalue weighted by Gasteiger charge is 2.35. The second-order valence-corrected chi connectivity index (χ2v) is 6.20. The highest BCUT2D eigenvalue weighted by atomic mass is 32.2. The number of amides is 2. The lowest BCUT2D eigenvalue weighted by molar-refractivity contribution is -0.122. The number of nitrogens with zero attached hydrogens (tertiary/aromatic N) is 1. The van der Waals surface area contributed by atoms with Crippen LogP contribution in [0.2, 0.25) is 0 Å². The van der Waals surface area contributed by atoms with Gasteiger partial charge in [-0.1, -0.05) is 18.2 Å². The number of benzene rings is 1. The lowest BCUT2D eigenvalue weighted by Gasteiger charge is -2.15. The number of carbonyl (C=O) groups excluding carboxylic acids is 2. The monoisotopic (exact) mass is 328 g/mol. The minimum Gasteiger partial charge on any atom is -0.462 e. The molecule has 0 atom stereocenters. The number of carbonyl (C=O) groups is 2. The Morgan fingerprint density at radius 2 is 1.96 bits per heavy atom. The molecular formula is C17H16N2O3S. The Kier molecular flexibility index (Phi) is 4.25. The van der Waals surface area contributed by atoms with E-state index in [0.29, 0.717) is 10.7 Å². The minimum atomic E-state index is -0.310. The number of imide groups is 1. The smallest absolute Gasteiger partial charge is 0.295 e. The first kappa shape index (κ1) is 15.4. The third kappa shape index (κ3) is 3.32. The number of aryl methyl sites for hydroxylation is 2. The van der Waals surface area contributed by atoms with E-state index in [-0.39, 0.29) is 17.8 Å². The topological polar surface area (TPSA) is 62.6 Å². The molecule has 0 radical (unpaired) electrons. The minimum absolute atomic E-state index is 0.143. The predicted octanol–water partition coefficient (Wildman–Crippen LogP) is 4.00. The molecule has 2 amide bonds. The molecule has 0 saturated carbocycles. The summed E-state index contributed by atoms with van der Waals surface area (Å²) in [5.41, 5.74) is 1.96. The first-order valence-corrected chi connectivity index (χ1v) is 7.97. The van der Waals surface area contributed by atoms with E-state index in [9.17, 15) is 9.59 Å². The summed E-state index contributed by atoms with van der Waals surface area (Å²) in [6.45, 7) is 3.94. The first-order chi connectivity index (χ1) is 11.0. The highest BCUT2D eigenvalue weighted by molar-refractivity contribution is 8.18. The van der Waals surface area contributed by atoms with Crippen molar-refractivity contribution >= 4 is 34.7 Å². The van der Waals surface area contributed by atoms with Crippen LogP contribution in [0.25, 0.3) is 6.08 Å². The zero-order valence-electron chi connectivity index (χ0n) is 12.8. The number of thioether (sulfide) groups is 1. The average Bonchev–Trinajstić information content (AvgIpc) is 3.04. The van der Waals surface area contributed by atoms with Gasteiger partial charge in [0.05, 0.1) is 11.6 Å². The van der Waals surface area contributed by atoms with Crippen LogP contribution in [-0.4, -0.2) is 22.7 Å². The number of nitrogens with one attached hydrogen (secondary N) is 1. The molecule has 1 aliphatic rings. The van der Waals surface area contributed by atoms with Gasteiger partial charge < -0.3 is 9.73 Å². The van der Waals surface area contributed by atoms with Crippen LogP contribution in [0.5, 0.6) is 0 Å². The highest BCUT2D eigenvalue weighted by Crippen LogP contribution is 2.32. The second kappa shape index (κ2) is 6.34. The molecule has 2 heterocycles. The second-order valence-electron chi connectivity index (χ2n) is 5.21. The van der Waals surface area contributed by atoms with Gasteiger partial charge in [-0.2, -0.15) is 0 Å². The Hall–Kier alpha value is -2.47. The van der Waals surface area contributed by atoms with E-state index in [4.69, 9.17) is 4.42 Å². The van der Waals surface area contributed by atoms with Crippen molar-refractivity contribution in [1.29, 1.82) is 0 Å². The van der Waals surface area contributed by atoms with Crippen molar-refractivity contribution in [2.75, 3.05) is 12.0 Å². The molecule has 2 aromatic rings. The van der Waals surface area contributed by atoms with E-state index in [2.05, 4.69) is 5.32 Å². The largest absolute Gasteiger partial charge is 0.462 e. The molecule has 0 bridgehead atoms. The van der Waals surface area contributed by atoms with Gasteiger partial charge in [0.25, 0.3) is 11.1 Å². The van der Waals surface area contributed by atoms with Gasteiger partial charge in [0, 0.05) is 11.8 Å². The van der Waals surface area contributed by atoms with Crippen molar-refractivity contribution in [1.82, 2.24) is 4.90 Å². The summed E-state index contributed by atoms with van der Waals surface area (Å²) < 4.78 is 5.42. The SMILES string of the molecule is Cc1ccc(/C=C2/SC(=O)N(CNc3ccccc3C)C2=O)o1. The summed E-state index contributed by atoms with van der Waals surface area (Å²) >= 11 is 0.924. The maximum Gasteiger partial charge on any atom is 0.295 e. The van der Waals surface area contributed by atoms with Crippen LogP contribution in [-0.2, 0) is 4.79 Å². The molecule has 0 aliphatic carbocycles. The van der Waals surface area contributed by atoms with Crippen LogP contribution in [0.4, 0.5) is 10.5 Å². The lowest BCUT2D eigenvalue weighted by atomic mass is 10.2. The van der Waals surface area contributed by atoms with E-state index in [1.807, 2.05) is 44.2 Å². The normalized spacial score (nSPS) is 16.4.